The van der Waals surface area contributed by atoms with E-state index in [2.05, 4.69) is 5.32 Å². The van der Waals surface area contributed by atoms with Crippen LogP contribution >= 0.6 is 0 Å². The van der Waals surface area contributed by atoms with E-state index in [9.17, 15) is 4.79 Å². The van der Waals surface area contributed by atoms with Crippen molar-refractivity contribution < 1.29 is 9.90 Å². The average molecular weight is 212 g/mol. The van der Waals surface area contributed by atoms with Crippen LogP contribution in [0.2, 0.25) is 0 Å². The Labute approximate surface area is 90.6 Å². The number of hydrogen-bond acceptors (Lipinski definition) is 3. The lowest BCUT2D eigenvalue weighted by molar-refractivity contribution is -0.133. The number of amides is 1. The van der Waals surface area contributed by atoms with Crippen molar-refractivity contribution in [1.29, 1.82) is 0 Å². The van der Waals surface area contributed by atoms with Crippen molar-refractivity contribution >= 4 is 5.91 Å². The fraction of sp³-hybridized carbons (Fsp3) is 0.909. The van der Waals surface area contributed by atoms with Gasteiger partial charge in [-0.25, -0.2) is 0 Å². The Hall–Kier alpha value is -0.610. The summed E-state index contributed by atoms with van der Waals surface area (Å²) in [6, 6.07) is 0.444. The Morgan fingerprint density at radius 1 is 1.40 bits per heavy atom. The van der Waals surface area contributed by atoms with Gasteiger partial charge in [0.1, 0.15) is 0 Å². The highest BCUT2D eigenvalue weighted by Crippen LogP contribution is 2.31. The zero-order valence-corrected chi connectivity index (χ0v) is 9.11. The molecule has 1 unspecified atom stereocenters. The Kier molecular flexibility index (Phi) is 3.59. The van der Waals surface area contributed by atoms with Crippen molar-refractivity contribution in [3.63, 3.8) is 0 Å². The molecule has 2 fully saturated rings. The molecule has 2 rings (SSSR count). The van der Waals surface area contributed by atoms with Gasteiger partial charge in [0, 0.05) is 25.0 Å². The number of carbonyl (C=O) groups excluding carboxylic acids is 1. The number of nitrogens with one attached hydrogen (secondary N) is 1. The molecule has 0 spiro atoms. The van der Waals surface area contributed by atoms with Crippen molar-refractivity contribution in [2.24, 2.45) is 5.92 Å². The Morgan fingerprint density at radius 2 is 2.20 bits per heavy atom. The number of rotatable bonds is 5. The van der Waals surface area contributed by atoms with E-state index in [1.54, 1.807) is 0 Å². The van der Waals surface area contributed by atoms with Crippen molar-refractivity contribution in [1.82, 2.24) is 10.2 Å². The van der Waals surface area contributed by atoms with Crippen LogP contribution in [0.1, 0.15) is 25.7 Å². The largest absolute Gasteiger partial charge is 0.395 e. The van der Waals surface area contributed by atoms with Gasteiger partial charge in [-0.05, 0) is 32.2 Å². The summed E-state index contributed by atoms with van der Waals surface area (Å²) in [6.45, 7) is 2.41. The molecule has 0 aromatic heterocycles. The second-order valence-corrected chi connectivity index (χ2v) is 4.58. The number of carbonyl (C=O) groups is 1. The molecule has 0 aromatic carbocycles. The molecule has 1 saturated heterocycles. The van der Waals surface area contributed by atoms with Crippen molar-refractivity contribution in [3.8, 4) is 0 Å². The minimum Gasteiger partial charge on any atom is -0.395 e. The topological polar surface area (TPSA) is 52.6 Å². The molecule has 1 amide bonds. The molecule has 15 heavy (non-hydrogen) atoms. The molecular formula is C11H20N2O2. The molecule has 1 aliphatic heterocycles. The van der Waals surface area contributed by atoms with E-state index in [-0.39, 0.29) is 18.4 Å². The number of hydrogen-bond donors (Lipinski definition) is 2. The van der Waals surface area contributed by atoms with E-state index in [1.807, 2.05) is 4.90 Å². The Morgan fingerprint density at radius 3 is 2.73 bits per heavy atom. The highest BCUT2D eigenvalue weighted by molar-refractivity contribution is 5.81. The van der Waals surface area contributed by atoms with Gasteiger partial charge in [0.15, 0.2) is 0 Å². The molecule has 86 valence electrons. The second-order valence-electron chi connectivity index (χ2n) is 4.58. The van der Waals surface area contributed by atoms with Crippen LogP contribution in [-0.4, -0.2) is 48.2 Å². The number of aliphatic hydroxyl groups is 1. The van der Waals surface area contributed by atoms with E-state index >= 15 is 0 Å². The summed E-state index contributed by atoms with van der Waals surface area (Å²) in [7, 11) is 0. The summed E-state index contributed by atoms with van der Waals surface area (Å²) < 4.78 is 0. The van der Waals surface area contributed by atoms with Crippen LogP contribution in [0.25, 0.3) is 0 Å². The molecular weight excluding hydrogens is 192 g/mol. The summed E-state index contributed by atoms with van der Waals surface area (Å²) in [4.78, 5) is 13.7. The zero-order chi connectivity index (χ0) is 10.7. The van der Waals surface area contributed by atoms with Crippen LogP contribution < -0.4 is 5.32 Å². The maximum absolute atomic E-state index is 11.9. The van der Waals surface area contributed by atoms with Crippen LogP contribution in [0.15, 0.2) is 0 Å². The van der Waals surface area contributed by atoms with Crippen molar-refractivity contribution in [2.75, 3.05) is 26.2 Å². The van der Waals surface area contributed by atoms with Crippen LogP contribution in [0.3, 0.4) is 0 Å². The molecule has 0 bridgehead atoms. The molecule has 2 aliphatic rings. The van der Waals surface area contributed by atoms with Gasteiger partial charge < -0.3 is 15.3 Å². The summed E-state index contributed by atoms with van der Waals surface area (Å²) in [5, 5.41) is 12.3. The normalized spacial score (nSPS) is 25.5. The lowest BCUT2D eigenvalue weighted by atomic mass is 10.2. The first-order valence-corrected chi connectivity index (χ1v) is 5.94. The number of nitrogens with zero attached hydrogens (tertiary/aromatic N) is 1. The van der Waals surface area contributed by atoms with Gasteiger partial charge in [0.25, 0.3) is 0 Å². The molecule has 1 saturated carbocycles. The minimum absolute atomic E-state index is 0.0746. The molecule has 2 N–H and O–H groups in total. The van der Waals surface area contributed by atoms with E-state index in [0.29, 0.717) is 12.6 Å². The third-order valence-electron chi connectivity index (χ3n) is 3.21. The minimum atomic E-state index is 0.0746. The highest BCUT2D eigenvalue weighted by Gasteiger charge is 2.34. The lowest BCUT2D eigenvalue weighted by Crippen LogP contribution is -2.43. The summed E-state index contributed by atoms with van der Waals surface area (Å²) >= 11 is 0. The third-order valence-corrected chi connectivity index (χ3v) is 3.21. The van der Waals surface area contributed by atoms with Crippen molar-refractivity contribution in [2.45, 2.75) is 31.7 Å². The first kappa shape index (κ1) is 10.9. The standard InChI is InChI=1S/C11H20N2O2/c14-7-6-13(11(15)9-3-4-9)8-10-2-1-5-12-10/h9-10,12,14H,1-8H2. The fourth-order valence-corrected chi connectivity index (χ4v) is 2.18. The van der Waals surface area contributed by atoms with Gasteiger partial charge in [-0.2, -0.15) is 0 Å². The van der Waals surface area contributed by atoms with Gasteiger partial charge >= 0.3 is 0 Å². The SMILES string of the molecule is O=C(C1CC1)N(CCO)CC1CCCN1. The quantitative estimate of drug-likeness (QED) is 0.673. The first-order chi connectivity index (χ1) is 7.31. The van der Waals surface area contributed by atoms with Gasteiger partial charge in [-0.1, -0.05) is 0 Å². The molecule has 4 nitrogen and oxygen atoms in total. The van der Waals surface area contributed by atoms with Gasteiger partial charge in [-0.3, -0.25) is 4.79 Å². The fourth-order valence-electron chi connectivity index (χ4n) is 2.18. The first-order valence-electron chi connectivity index (χ1n) is 5.94. The molecule has 0 aromatic rings. The lowest BCUT2D eigenvalue weighted by Gasteiger charge is -2.25. The predicted octanol–water partition coefficient (Wildman–Crippen LogP) is -0.0307. The van der Waals surface area contributed by atoms with Crippen molar-refractivity contribution in [3.05, 3.63) is 0 Å². The van der Waals surface area contributed by atoms with Gasteiger partial charge in [0.2, 0.25) is 5.91 Å². The Bertz CT molecular complexity index is 223. The summed E-state index contributed by atoms with van der Waals surface area (Å²) in [5.74, 6) is 0.510. The van der Waals surface area contributed by atoms with Gasteiger partial charge in [-0.15, -0.1) is 0 Å². The van der Waals surface area contributed by atoms with E-state index < -0.39 is 0 Å². The second kappa shape index (κ2) is 4.94. The molecule has 4 heteroatoms. The molecule has 0 radical (unpaired) electrons. The maximum Gasteiger partial charge on any atom is 0.225 e. The number of aliphatic hydroxyl groups excluding tert-OH is 1. The van der Waals surface area contributed by atoms with E-state index in [4.69, 9.17) is 5.11 Å². The predicted molar refractivity (Wildman–Crippen MR) is 57.4 cm³/mol. The van der Waals surface area contributed by atoms with Crippen LogP contribution in [0.5, 0.6) is 0 Å². The van der Waals surface area contributed by atoms with E-state index in [1.165, 1.54) is 6.42 Å². The van der Waals surface area contributed by atoms with Crippen LogP contribution in [-0.2, 0) is 4.79 Å². The van der Waals surface area contributed by atoms with Crippen LogP contribution in [0.4, 0.5) is 0 Å². The molecule has 1 heterocycles. The monoisotopic (exact) mass is 212 g/mol. The third kappa shape index (κ3) is 2.92. The molecule has 1 aliphatic carbocycles. The summed E-state index contributed by atoms with van der Waals surface area (Å²) in [5.41, 5.74) is 0. The molecule has 1 atom stereocenters. The summed E-state index contributed by atoms with van der Waals surface area (Å²) in [6.07, 6.45) is 4.44. The maximum atomic E-state index is 11.9. The van der Waals surface area contributed by atoms with Gasteiger partial charge in [0.05, 0.1) is 6.61 Å². The average Bonchev–Trinajstić information content (AvgIpc) is 2.96. The smallest absolute Gasteiger partial charge is 0.225 e. The van der Waals surface area contributed by atoms with Crippen LogP contribution in [0, 0.1) is 5.92 Å². The van der Waals surface area contributed by atoms with E-state index in [0.717, 1.165) is 32.4 Å². The zero-order valence-electron chi connectivity index (χ0n) is 9.11. The Balaban J connectivity index is 1.83. The highest BCUT2D eigenvalue weighted by atomic mass is 16.3.